The first-order valence-electron chi connectivity index (χ1n) is 4.21. The highest BCUT2D eigenvalue weighted by Gasteiger charge is 2.07. The zero-order valence-electron chi connectivity index (χ0n) is 8.76. The third kappa shape index (κ3) is 2.90. The molecule has 0 heterocycles. The zero-order valence-corrected chi connectivity index (χ0v) is 9.52. The Labute approximate surface area is 90.9 Å². The number of hydrogen-bond donors (Lipinski definition) is 0. The third-order valence-electron chi connectivity index (χ3n) is 1.82. The van der Waals surface area contributed by atoms with Crippen LogP contribution in [0.4, 0.5) is 0 Å². The van der Waals surface area contributed by atoms with Crippen LogP contribution in [0.3, 0.4) is 0 Å². The highest BCUT2D eigenvalue weighted by molar-refractivity contribution is 6.46. The van der Waals surface area contributed by atoms with Gasteiger partial charge in [0.05, 0.1) is 10.7 Å². The number of rotatable bonds is 3. The van der Waals surface area contributed by atoms with Gasteiger partial charge in [-0.25, -0.2) is 0 Å². The number of nitrogens with zero attached hydrogens (tertiary/aromatic N) is 1. The molecule has 0 bridgehead atoms. The van der Waals surface area contributed by atoms with Crippen LogP contribution in [0.1, 0.15) is 13.8 Å². The smallest absolute Gasteiger partial charge is 0.0795 e. The average molecular weight is 208 g/mol. The van der Waals surface area contributed by atoms with Gasteiger partial charge < -0.3 is 0 Å². The summed E-state index contributed by atoms with van der Waals surface area (Å²) in [5, 5.41) is 0.597. The van der Waals surface area contributed by atoms with Crippen LogP contribution in [-0.2, 0) is 0 Å². The van der Waals surface area contributed by atoms with Crippen LogP contribution >= 0.6 is 11.6 Å². The second-order valence-corrected chi connectivity index (χ2v) is 3.00. The van der Waals surface area contributed by atoms with E-state index < -0.39 is 0 Å². The summed E-state index contributed by atoms with van der Waals surface area (Å²) in [5.41, 5.74) is 2.29. The Morgan fingerprint density at radius 3 is 2.43 bits per heavy atom. The molecular formula is C12H14ClN. The molecule has 0 unspecified atom stereocenters. The summed E-state index contributed by atoms with van der Waals surface area (Å²) < 4.78 is 0. The Bertz CT molecular complexity index is 351. The number of halogens is 1. The van der Waals surface area contributed by atoms with Crippen molar-refractivity contribution in [3.8, 4) is 12.3 Å². The summed E-state index contributed by atoms with van der Waals surface area (Å²) in [7, 11) is 1.68. The molecule has 0 aliphatic heterocycles. The van der Waals surface area contributed by atoms with Crippen molar-refractivity contribution >= 4 is 17.3 Å². The van der Waals surface area contributed by atoms with Gasteiger partial charge >= 0.3 is 0 Å². The van der Waals surface area contributed by atoms with Gasteiger partial charge in [0.15, 0.2) is 0 Å². The lowest BCUT2D eigenvalue weighted by Crippen LogP contribution is -2.02. The summed E-state index contributed by atoms with van der Waals surface area (Å²) >= 11 is 5.98. The van der Waals surface area contributed by atoms with Crippen LogP contribution in [0.5, 0.6) is 0 Å². The van der Waals surface area contributed by atoms with Crippen LogP contribution in [0, 0.1) is 12.3 Å². The Kier molecular flexibility index (Phi) is 5.67. The third-order valence-corrected chi connectivity index (χ3v) is 2.22. The first-order valence-corrected chi connectivity index (χ1v) is 4.59. The lowest BCUT2D eigenvalue weighted by Gasteiger charge is -2.06. The molecule has 2 heteroatoms. The molecule has 14 heavy (non-hydrogen) atoms. The molecule has 0 spiro atoms. The van der Waals surface area contributed by atoms with Crippen LogP contribution in [0.25, 0.3) is 0 Å². The average Bonchev–Trinajstić information content (AvgIpc) is 2.20. The fraction of sp³-hybridized carbons (Fsp3) is 0.250. The van der Waals surface area contributed by atoms with Crippen LogP contribution in [-0.4, -0.2) is 12.8 Å². The Hall–Kier alpha value is -1.26. The predicted octanol–water partition coefficient (Wildman–Crippen LogP) is 3.34. The summed E-state index contributed by atoms with van der Waals surface area (Å²) in [5.74, 6) is 2.54. The molecule has 0 aromatic carbocycles. The van der Waals surface area contributed by atoms with Crippen molar-refractivity contribution in [2.24, 2.45) is 4.99 Å². The lowest BCUT2D eigenvalue weighted by atomic mass is 10.0. The normalized spacial score (nSPS) is 14.5. The van der Waals surface area contributed by atoms with E-state index in [2.05, 4.69) is 17.5 Å². The van der Waals surface area contributed by atoms with E-state index in [-0.39, 0.29) is 0 Å². The molecule has 0 aliphatic carbocycles. The molecule has 0 saturated carbocycles. The minimum absolute atomic E-state index is 0.597. The lowest BCUT2D eigenvalue weighted by molar-refractivity contribution is 1.39. The molecule has 0 aromatic heterocycles. The van der Waals surface area contributed by atoms with E-state index in [1.165, 1.54) is 0 Å². The van der Waals surface area contributed by atoms with E-state index in [0.717, 1.165) is 5.57 Å². The number of hydrogen-bond acceptors (Lipinski definition) is 1. The van der Waals surface area contributed by atoms with Gasteiger partial charge in [-0.05, 0) is 19.4 Å². The molecule has 0 N–H and O–H groups in total. The van der Waals surface area contributed by atoms with E-state index in [1.54, 1.807) is 19.2 Å². The highest BCUT2D eigenvalue weighted by Crippen LogP contribution is 2.15. The summed E-state index contributed by atoms with van der Waals surface area (Å²) in [6.07, 6.45) is 8.73. The maximum atomic E-state index is 5.98. The van der Waals surface area contributed by atoms with E-state index in [4.69, 9.17) is 18.0 Å². The van der Waals surface area contributed by atoms with Gasteiger partial charge in [0, 0.05) is 12.6 Å². The number of terminal acetylenes is 1. The maximum absolute atomic E-state index is 5.98. The quantitative estimate of drug-likeness (QED) is 0.383. The monoisotopic (exact) mass is 207 g/mol. The van der Waals surface area contributed by atoms with Crippen molar-refractivity contribution in [1.29, 1.82) is 0 Å². The molecule has 0 saturated heterocycles. The van der Waals surface area contributed by atoms with Crippen molar-refractivity contribution in [3.63, 3.8) is 0 Å². The molecule has 0 fully saturated rings. The van der Waals surface area contributed by atoms with Crippen LogP contribution in [0.2, 0.25) is 0 Å². The highest BCUT2D eigenvalue weighted by atomic mass is 35.5. The van der Waals surface area contributed by atoms with E-state index in [0.29, 0.717) is 16.3 Å². The predicted molar refractivity (Wildman–Crippen MR) is 64.7 cm³/mol. The van der Waals surface area contributed by atoms with Gasteiger partial charge in [-0.2, -0.15) is 0 Å². The minimum Gasteiger partial charge on any atom is -0.287 e. The maximum Gasteiger partial charge on any atom is 0.0795 e. The second kappa shape index (κ2) is 6.23. The molecule has 0 aromatic rings. The largest absolute Gasteiger partial charge is 0.287 e. The first-order chi connectivity index (χ1) is 6.62. The molecule has 74 valence electrons. The standard InChI is InChI=1S/C12H14ClN/c1-6-10(7-2)9(4)12(14-5)11(13)8-3/h1,7-8H,2H2,3-5H3/b10-9+,11-8+,14-12-. The van der Waals surface area contributed by atoms with Crippen molar-refractivity contribution < 1.29 is 0 Å². The van der Waals surface area contributed by atoms with Crippen molar-refractivity contribution in [1.82, 2.24) is 0 Å². The van der Waals surface area contributed by atoms with Gasteiger partial charge in [0.2, 0.25) is 0 Å². The topological polar surface area (TPSA) is 12.4 Å². The number of allylic oxidation sites excluding steroid dienone is 5. The molecule has 0 amide bonds. The molecular weight excluding hydrogens is 194 g/mol. The van der Waals surface area contributed by atoms with Crippen molar-refractivity contribution in [2.45, 2.75) is 13.8 Å². The SMILES string of the molecule is C#C\C(C=C)=C(C)/C(=N/C)C(/Cl)=C\C. The molecule has 0 radical (unpaired) electrons. The van der Waals surface area contributed by atoms with Crippen molar-refractivity contribution in [3.05, 3.63) is 34.9 Å². The summed E-state index contributed by atoms with van der Waals surface area (Å²) in [6.45, 7) is 7.37. The Balaban J connectivity index is 5.41. The molecule has 1 nitrogen and oxygen atoms in total. The van der Waals surface area contributed by atoms with Crippen molar-refractivity contribution in [2.75, 3.05) is 7.05 Å². The molecule has 0 atom stereocenters. The first kappa shape index (κ1) is 12.7. The fourth-order valence-corrected chi connectivity index (χ4v) is 1.26. The molecule has 0 aliphatic rings. The minimum atomic E-state index is 0.597. The van der Waals surface area contributed by atoms with Gasteiger partial charge in [-0.1, -0.05) is 36.3 Å². The van der Waals surface area contributed by atoms with E-state index in [1.807, 2.05) is 13.8 Å². The van der Waals surface area contributed by atoms with Gasteiger partial charge in [0.25, 0.3) is 0 Å². The zero-order chi connectivity index (χ0) is 11.1. The molecule has 0 rings (SSSR count). The van der Waals surface area contributed by atoms with E-state index >= 15 is 0 Å². The summed E-state index contributed by atoms with van der Waals surface area (Å²) in [4.78, 5) is 4.09. The Morgan fingerprint density at radius 2 is 2.14 bits per heavy atom. The second-order valence-electron chi connectivity index (χ2n) is 2.60. The Morgan fingerprint density at radius 1 is 1.57 bits per heavy atom. The van der Waals surface area contributed by atoms with Crippen LogP contribution < -0.4 is 0 Å². The van der Waals surface area contributed by atoms with Gasteiger partial charge in [-0.3, -0.25) is 4.99 Å². The van der Waals surface area contributed by atoms with E-state index in [9.17, 15) is 0 Å². The fourth-order valence-electron chi connectivity index (χ4n) is 1.04. The van der Waals surface area contributed by atoms with Crippen LogP contribution in [0.15, 0.2) is 39.9 Å². The number of aliphatic imine (C=N–C) groups is 1. The van der Waals surface area contributed by atoms with Gasteiger partial charge in [0.1, 0.15) is 0 Å². The van der Waals surface area contributed by atoms with Gasteiger partial charge in [-0.15, -0.1) is 6.42 Å². The summed E-state index contributed by atoms with van der Waals surface area (Å²) in [6, 6.07) is 0.